The minimum atomic E-state index is -0.255. The van der Waals surface area contributed by atoms with Crippen LogP contribution in [0.3, 0.4) is 0 Å². The van der Waals surface area contributed by atoms with Gasteiger partial charge in [0.25, 0.3) is 0 Å². The summed E-state index contributed by atoms with van der Waals surface area (Å²) in [7, 11) is 0. The van der Waals surface area contributed by atoms with Gasteiger partial charge in [-0.1, -0.05) is 6.42 Å². The average Bonchev–Trinajstić information content (AvgIpc) is 2.15. The number of carbonyl (C=O) groups excluding carboxylic acids is 1. The maximum absolute atomic E-state index is 10.7. The molecule has 0 amide bonds. The minimum Gasteiger partial charge on any atom is -0.393 e. The van der Waals surface area contributed by atoms with Crippen LogP contribution in [-0.4, -0.2) is 41.5 Å². The number of likely N-dealkylation sites (tertiary alicyclic amines) is 1. The van der Waals surface area contributed by atoms with Crippen molar-refractivity contribution in [3.8, 4) is 0 Å². The quantitative estimate of drug-likeness (QED) is 0.659. The van der Waals surface area contributed by atoms with Crippen molar-refractivity contribution < 1.29 is 9.90 Å². The zero-order valence-electron chi connectivity index (χ0n) is 8.28. The summed E-state index contributed by atoms with van der Waals surface area (Å²) in [5, 5.41) is 9.13. The van der Waals surface area contributed by atoms with E-state index in [0.717, 1.165) is 38.6 Å². The number of nitrogens with zero attached hydrogens (tertiary/aromatic N) is 1. The van der Waals surface area contributed by atoms with Crippen LogP contribution in [0.1, 0.15) is 32.6 Å². The Hall–Kier alpha value is -0.410. The normalized spacial score (nSPS) is 27.1. The van der Waals surface area contributed by atoms with Gasteiger partial charge >= 0.3 is 0 Å². The fourth-order valence-electron chi connectivity index (χ4n) is 1.80. The van der Waals surface area contributed by atoms with E-state index in [1.54, 1.807) is 6.92 Å². The van der Waals surface area contributed by atoms with Crippen molar-refractivity contribution in [2.24, 2.45) is 0 Å². The van der Waals surface area contributed by atoms with Crippen LogP contribution in [0.15, 0.2) is 0 Å². The van der Waals surface area contributed by atoms with Crippen LogP contribution in [0.25, 0.3) is 0 Å². The summed E-state index contributed by atoms with van der Waals surface area (Å²) in [6.45, 7) is 3.65. The molecule has 0 aromatic heterocycles. The predicted molar refractivity (Wildman–Crippen MR) is 51.6 cm³/mol. The van der Waals surface area contributed by atoms with Gasteiger partial charge < -0.3 is 9.90 Å². The van der Waals surface area contributed by atoms with Gasteiger partial charge in [-0.15, -0.1) is 0 Å². The fourth-order valence-corrected chi connectivity index (χ4v) is 1.80. The lowest BCUT2D eigenvalue weighted by molar-refractivity contribution is -0.113. The molecule has 1 heterocycles. The summed E-state index contributed by atoms with van der Waals surface area (Å²) in [6.07, 6.45) is 4.89. The van der Waals surface area contributed by atoms with Crippen molar-refractivity contribution in [3.05, 3.63) is 0 Å². The van der Waals surface area contributed by atoms with Gasteiger partial charge in [0.1, 0.15) is 6.29 Å². The maximum atomic E-state index is 10.7. The van der Waals surface area contributed by atoms with E-state index in [0.29, 0.717) is 0 Å². The van der Waals surface area contributed by atoms with Gasteiger partial charge in [-0.2, -0.15) is 0 Å². The molecule has 3 nitrogen and oxygen atoms in total. The SMILES string of the molecule is CC(O)CCN1CCCCC1C=O. The number of hydrogen-bond acceptors (Lipinski definition) is 3. The van der Waals surface area contributed by atoms with Crippen LogP contribution in [0.2, 0.25) is 0 Å². The fraction of sp³-hybridized carbons (Fsp3) is 0.900. The first-order valence-electron chi connectivity index (χ1n) is 5.11. The van der Waals surface area contributed by atoms with Crippen molar-refractivity contribution >= 4 is 6.29 Å². The molecule has 0 spiro atoms. The van der Waals surface area contributed by atoms with E-state index in [2.05, 4.69) is 4.90 Å². The molecule has 0 aromatic carbocycles. The molecule has 1 fully saturated rings. The third-order valence-corrected chi connectivity index (χ3v) is 2.66. The number of hydrogen-bond donors (Lipinski definition) is 1. The molecule has 76 valence electrons. The monoisotopic (exact) mass is 185 g/mol. The Kier molecular flexibility index (Phi) is 4.39. The van der Waals surface area contributed by atoms with Crippen molar-refractivity contribution in [3.63, 3.8) is 0 Å². The number of aliphatic hydroxyl groups excluding tert-OH is 1. The molecular formula is C10H19NO2. The molecule has 0 aromatic rings. The summed E-state index contributed by atoms with van der Waals surface area (Å²) in [5.74, 6) is 0. The third-order valence-electron chi connectivity index (χ3n) is 2.66. The molecular weight excluding hydrogens is 166 g/mol. The van der Waals surface area contributed by atoms with Crippen LogP contribution in [0.4, 0.5) is 0 Å². The molecule has 3 heteroatoms. The molecule has 2 unspecified atom stereocenters. The summed E-state index contributed by atoms with van der Waals surface area (Å²) >= 11 is 0. The Morgan fingerprint density at radius 1 is 1.62 bits per heavy atom. The van der Waals surface area contributed by atoms with Gasteiger partial charge in [0, 0.05) is 6.54 Å². The Balaban J connectivity index is 2.31. The highest BCUT2D eigenvalue weighted by Crippen LogP contribution is 2.15. The molecule has 1 N–H and O–H groups in total. The topological polar surface area (TPSA) is 40.5 Å². The molecule has 0 bridgehead atoms. The summed E-state index contributed by atoms with van der Waals surface area (Å²) in [5.41, 5.74) is 0. The number of piperidine rings is 1. The lowest BCUT2D eigenvalue weighted by Gasteiger charge is -2.32. The van der Waals surface area contributed by atoms with Crippen LogP contribution in [-0.2, 0) is 4.79 Å². The third kappa shape index (κ3) is 3.44. The number of carbonyl (C=O) groups is 1. The van der Waals surface area contributed by atoms with E-state index in [1.807, 2.05) is 0 Å². The first-order valence-corrected chi connectivity index (χ1v) is 5.11. The highest BCUT2D eigenvalue weighted by Gasteiger charge is 2.21. The van der Waals surface area contributed by atoms with E-state index in [-0.39, 0.29) is 12.1 Å². The van der Waals surface area contributed by atoms with Gasteiger partial charge in [0.05, 0.1) is 12.1 Å². The average molecular weight is 185 g/mol. The molecule has 0 aliphatic carbocycles. The van der Waals surface area contributed by atoms with Crippen molar-refractivity contribution in [1.29, 1.82) is 0 Å². The number of rotatable bonds is 4. The molecule has 2 atom stereocenters. The van der Waals surface area contributed by atoms with Gasteiger partial charge in [-0.25, -0.2) is 0 Å². The van der Waals surface area contributed by atoms with Crippen molar-refractivity contribution in [2.75, 3.05) is 13.1 Å². The summed E-state index contributed by atoms with van der Waals surface area (Å²) in [6, 6.07) is 0.104. The molecule has 0 radical (unpaired) electrons. The molecule has 1 rings (SSSR count). The van der Waals surface area contributed by atoms with E-state index in [9.17, 15) is 4.79 Å². The van der Waals surface area contributed by atoms with E-state index in [1.165, 1.54) is 6.42 Å². The second kappa shape index (κ2) is 5.35. The van der Waals surface area contributed by atoms with E-state index in [4.69, 9.17) is 5.11 Å². The molecule has 0 saturated carbocycles. The first kappa shape index (κ1) is 10.7. The Morgan fingerprint density at radius 2 is 2.38 bits per heavy atom. The smallest absolute Gasteiger partial charge is 0.137 e. The van der Waals surface area contributed by atoms with Crippen LogP contribution >= 0.6 is 0 Å². The second-order valence-electron chi connectivity index (χ2n) is 3.87. The maximum Gasteiger partial charge on any atom is 0.137 e. The predicted octanol–water partition coefficient (Wildman–Crippen LogP) is 0.811. The van der Waals surface area contributed by atoms with Crippen LogP contribution in [0, 0.1) is 0 Å². The van der Waals surface area contributed by atoms with Crippen LogP contribution in [0.5, 0.6) is 0 Å². The molecule has 1 aliphatic rings. The molecule has 13 heavy (non-hydrogen) atoms. The van der Waals surface area contributed by atoms with Crippen molar-refractivity contribution in [1.82, 2.24) is 4.90 Å². The minimum absolute atomic E-state index is 0.104. The van der Waals surface area contributed by atoms with Gasteiger partial charge in [-0.05, 0) is 32.7 Å². The van der Waals surface area contributed by atoms with Crippen molar-refractivity contribution in [2.45, 2.75) is 44.8 Å². The lowest BCUT2D eigenvalue weighted by Crippen LogP contribution is -2.41. The Labute approximate surface area is 79.7 Å². The highest BCUT2D eigenvalue weighted by atomic mass is 16.3. The lowest BCUT2D eigenvalue weighted by atomic mass is 10.0. The summed E-state index contributed by atoms with van der Waals surface area (Å²) < 4.78 is 0. The van der Waals surface area contributed by atoms with Crippen LogP contribution < -0.4 is 0 Å². The molecule has 1 aliphatic heterocycles. The number of aldehydes is 1. The second-order valence-corrected chi connectivity index (χ2v) is 3.87. The van der Waals surface area contributed by atoms with E-state index >= 15 is 0 Å². The Bertz CT molecular complexity index is 159. The standard InChI is InChI=1S/C10H19NO2/c1-9(13)5-7-11-6-3-2-4-10(11)8-12/h8-10,13H,2-7H2,1H3. The molecule has 1 saturated heterocycles. The van der Waals surface area contributed by atoms with E-state index < -0.39 is 0 Å². The summed E-state index contributed by atoms with van der Waals surface area (Å²) in [4.78, 5) is 12.9. The first-order chi connectivity index (χ1) is 6.24. The zero-order chi connectivity index (χ0) is 9.68. The highest BCUT2D eigenvalue weighted by molar-refractivity contribution is 5.57. The largest absolute Gasteiger partial charge is 0.393 e. The zero-order valence-corrected chi connectivity index (χ0v) is 8.28. The van der Waals surface area contributed by atoms with Gasteiger partial charge in [0.15, 0.2) is 0 Å². The Morgan fingerprint density at radius 3 is 3.00 bits per heavy atom. The van der Waals surface area contributed by atoms with Gasteiger partial charge in [-0.3, -0.25) is 4.90 Å². The van der Waals surface area contributed by atoms with Gasteiger partial charge in [0.2, 0.25) is 0 Å². The number of aliphatic hydroxyl groups is 1.